The maximum atomic E-state index is 14.5. The second-order valence-corrected chi connectivity index (χ2v) is 26.5. The molecule has 1 spiro atoms. The van der Waals surface area contributed by atoms with Crippen molar-refractivity contribution in [2.24, 2.45) is 17.0 Å². The van der Waals surface area contributed by atoms with E-state index < -0.39 is 64.4 Å². The number of methoxy groups -OCH3 is 1. The first-order chi connectivity index (χ1) is 42.6. The van der Waals surface area contributed by atoms with Crippen LogP contribution in [0.25, 0.3) is 10.4 Å². The number of fused-ring (bicyclic) bond motifs is 6. The number of azide groups is 1. The van der Waals surface area contributed by atoms with Crippen molar-refractivity contribution >= 4 is 27.6 Å². The number of ether oxygens (including phenoxy) is 13. The number of carbonyl (C=O) groups is 2. The number of sulfonamides is 1. The number of Topliss-reactive ketones (excluding diaryl/α,β-unsaturated/α-hetero) is 1. The van der Waals surface area contributed by atoms with Gasteiger partial charge >= 0.3 is 6.09 Å². The van der Waals surface area contributed by atoms with E-state index in [1.807, 2.05) is 6.07 Å². The van der Waals surface area contributed by atoms with Crippen molar-refractivity contribution in [3.63, 3.8) is 0 Å². The van der Waals surface area contributed by atoms with E-state index in [0.717, 1.165) is 47.6 Å². The smallest absolute Gasteiger partial charge is 0.407 e. The van der Waals surface area contributed by atoms with Crippen molar-refractivity contribution in [2.75, 3.05) is 70.7 Å². The first-order valence-electron chi connectivity index (χ1n) is 31.1. The average Bonchev–Trinajstić information content (AvgIpc) is 1.56. The van der Waals surface area contributed by atoms with E-state index in [-0.39, 0.29) is 168 Å². The topological polar surface area (TPSA) is 309 Å². The van der Waals surface area contributed by atoms with Gasteiger partial charge in [-0.1, -0.05) is 37.3 Å². The van der Waals surface area contributed by atoms with Crippen LogP contribution in [-0.2, 0) is 83.0 Å². The van der Waals surface area contributed by atoms with Crippen molar-refractivity contribution in [1.29, 1.82) is 5.26 Å². The summed E-state index contributed by atoms with van der Waals surface area (Å²) in [6.07, 6.45) is 1.81. The van der Waals surface area contributed by atoms with Crippen LogP contribution in [0.5, 0.6) is 0 Å². The zero-order valence-electron chi connectivity index (χ0n) is 50.1. The van der Waals surface area contributed by atoms with Crippen molar-refractivity contribution in [2.45, 2.75) is 205 Å². The van der Waals surface area contributed by atoms with Crippen LogP contribution in [0, 0.1) is 23.2 Å². The lowest BCUT2D eigenvalue weighted by molar-refractivity contribution is -0.292. The Morgan fingerprint density at radius 3 is 2.34 bits per heavy atom. The van der Waals surface area contributed by atoms with E-state index in [4.69, 9.17) is 67.1 Å². The standard InChI is InChI=1S/C62H83N7O18S/c1-36-25-44-10-12-48-37(2)26-46(80-48)15-16-62-31-53-57(86-62)58-59(85-53)60(87-62)56-49(84-58)13-11-45(82-56)27-42(70)28-47-51(30-50(81-44)38(36)3)83-52(55(47)75-4)29-43(71)34-66-61(72)79-35-39-5-8-41(9-6-39)69(88(73,74)54-14-7-40(32-63)33-65-54)18-20-77-22-24-78-23-21-76-19-17-67-68-64/h5-9,14,33,36,43-53,55-60,71H,2-3,10-13,15-31,34-35H2,1,4H3,(H,66,72)/t36-,43+,44+,45-,46+,47+,48+,49+,50-,51+,52-,53-,55-,56+,57+,58+,59?,60+,62+/m1/s1. The number of pyridine rings is 1. The summed E-state index contributed by atoms with van der Waals surface area (Å²) < 4.78 is 112. The predicted octanol–water partition coefficient (Wildman–Crippen LogP) is 6.23. The molecular formula is C62H83N7O18S. The summed E-state index contributed by atoms with van der Waals surface area (Å²) in [5, 5.41) is 26.6. The van der Waals surface area contributed by atoms with E-state index in [9.17, 15) is 28.4 Å². The van der Waals surface area contributed by atoms with Gasteiger partial charge in [0.2, 0.25) is 0 Å². The molecule has 2 aromatic rings. The minimum absolute atomic E-state index is 0.000802. The maximum Gasteiger partial charge on any atom is 0.407 e. The summed E-state index contributed by atoms with van der Waals surface area (Å²) in [7, 11) is -2.65. The summed E-state index contributed by atoms with van der Waals surface area (Å²) in [6.45, 7) is 12.2. The molecule has 0 aliphatic carbocycles. The molecule has 19 atom stereocenters. The molecule has 10 saturated heterocycles. The van der Waals surface area contributed by atoms with Crippen molar-refractivity contribution in [1.82, 2.24) is 10.3 Å². The highest BCUT2D eigenvalue weighted by atomic mass is 32.2. The number of aromatic nitrogens is 1. The summed E-state index contributed by atoms with van der Waals surface area (Å²) >= 11 is 0. The minimum atomic E-state index is -4.24. The van der Waals surface area contributed by atoms with Gasteiger partial charge in [0, 0.05) is 75.8 Å². The van der Waals surface area contributed by atoms with Gasteiger partial charge in [-0.25, -0.2) is 9.78 Å². The van der Waals surface area contributed by atoms with Crippen LogP contribution >= 0.6 is 0 Å². The fraction of sp³-hybridized carbons (Fsp3) is 0.710. The molecule has 12 rings (SSSR count). The molecular weight excluding hydrogens is 1160 g/mol. The normalized spacial score (nSPS) is 35.5. The van der Waals surface area contributed by atoms with E-state index in [1.54, 1.807) is 31.4 Å². The molecule has 1 aromatic heterocycles. The van der Waals surface area contributed by atoms with E-state index in [1.165, 1.54) is 18.3 Å². The Labute approximate surface area is 513 Å². The first kappa shape index (κ1) is 64.4. The summed E-state index contributed by atoms with van der Waals surface area (Å²) in [5.74, 6) is -1.10. The largest absolute Gasteiger partial charge is 0.445 e. The van der Waals surface area contributed by atoms with Crippen molar-refractivity contribution < 1.29 is 84.7 Å². The molecule has 1 aromatic carbocycles. The lowest BCUT2D eigenvalue weighted by Gasteiger charge is -2.47. The predicted molar refractivity (Wildman–Crippen MR) is 312 cm³/mol. The number of alkyl carbamates (subject to hydrolysis) is 1. The molecule has 10 aliphatic rings. The van der Waals surface area contributed by atoms with Gasteiger partial charge < -0.3 is 72.0 Å². The fourth-order valence-electron chi connectivity index (χ4n) is 14.4. The number of rotatable bonds is 22. The van der Waals surface area contributed by atoms with Crippen LogP contribution in [0.15, 0.2) is 77.0 Å². The number of benzene rings is 1. The zero-order chi connectivity index (χ0) is 61.5. The zero-order valence-corrected chi connectivity index (χ0v) is 50.9. The number of ketones is 1. The van der Waals surface area contributed by atoms with Gasteiger partial charge in [0.25, 0.3) is 10.0 Å². The number of nitriles is 1. The van der Waals surface area contributed by atoms with Crippen LogP contribution < -0.4 is 9.62 Å². The number of hydrogen-bond acceptors (Lipinski definition) is 21. The molecule has 480 valence electrons. The molecule has 88 heavy (non-hydrogen) atoms. The number of amides is 1. The van der Waals surface area contributed by atoms with Gasteiger partial charge in [0.05, 0.1) is 125 Å². The Hall–Kier alpha value is -5.18. The average molecular weight is 1250 g/mol. The van der Waals surface area contributed by atoms with Crippen LogP contribution in [0.1, 0.15) is 102 Å². The SMILES string of the molecule is C=C1C[C@@H]2CC[C@@]34C[C@H]5OC6[C@@H](O[C@H]7CC[C@H](CC(=O)C[C@@H]8[C@@H](OC)[C@@H](C[C@H](O)CNC(=O)OCc9ccc(N(CCOCCOCCOCCN=[N+]=[N-])S(=O)(=O)c%10ccc(C#N)cn%10)cc9)O[C@H]8C[C@H]8O[C@@H](CC[C@@H]1O2)C[C@@H](C)C8=C)O[C@@H]7[C@@H]6O3)[C@H]5O4. The molecule has 26 heteroatoms. The summed E-state index contributed by atoms with van der Waals surface area (Å²) in [4.78, 5) is 34.4. The highest BCUT2D eigenvalue weighted by molar-refractivity contribution is 7.92. The Kier molecular flexibility index (Phi) is 21.2. The highest BCUT2D eigenvalue weighted by Gasteiger charge is 2.69. The molecule has 25 nitrogen and oxygen atoms in total. The fourth-order valence-corrected chi connectivity index (χ4v) is 15.7. The Bertz CT molecular complexity index is 2970. The number of nitrogens with zero attached hydrogens (tertiary/aromatic N) is 6. The molecule has 12 bridgehead atoms. The van der Waals surface area contributed by atoms with E-state index in [2.05, 4.69) is 40.4 Å². The second-order valence-electron chi connectivity index (χ2n) is 24.7. The molecule has 0 saturated carbocycles. The van der Waals surface area contributed by atoms with Gasteiger partial charge in [-0.05, 0) is 97.4 Å². The minimum Gasteiger partial charge on any atom is -0.445 e. The first-order valence-corrected chi connectivity index (χ1v) is 32.5. The number of nitrogens with one attached hydrogen (secondary N) is 1. The van der Waals surface area contributed by atoms with Gasteiger partial charge in [0.1, 0.15) is 49.0 Å². The van der Waals surface area contributed by atoms with Gasteiger partial charge in [-0.3, -0.25) is 9.10 Å². The Balaban J connectivity index is 0.709. The van der Waals surface area contributed by atoms with E-state index >= 15 is 0 Å². The van der Waals surface area contributed by atoms with Crippen LogP contribution in [-0.4, -0.2) is 200 Å². The Morgan fingerprint density at radius 1 is 0.852 bits per heavy atom. The number of aliphatic hydroxyl groups excluding tert-OH is 1. The molecule has 1 amide bonds. The third-order valence-electron chi connectivity index (χ3n) is 18.8. The summed E-state index contributed by atoms with van der Waals surface area (Å²) in [6, 6.07) is 10.9. The highest BCUT2D eigenvalue weighted by Crippen LogP contribution is 2.54. The molecule has 11 heterocycles. The molecule has 0 radical (unpaired) electrons. The molecule has 2 N–H and O–H groups in total. The molecule has 10 aliphatic heterocycles. The lowest BCUT2D eigenvalue weighted by Crippen LogP contribution is -2.61. The monoisotopic (exact) mass is 1250 g/mol. The number of carbonyl (C=O) groups excluding carboxylic acids is 2. The lowest BCUT2D eigenvalue weighted by atomic mass is 9.81. The quantitative estimate of drug-likeness (QED) is 0.0434. The van der Waals surface area contributed by atoms with Crippen LogP contribution in [0.3, 0.4) is 0 Å². The molecule has 1 unspecified atom stereocenters. The molecule has 10 fully saturated rings. The second kappa shape index (κ2) is 29.0. The van der Waals surface area contributed by atoms with Crippen LogP contribution in [0.2, 0.25) is 0 Å². The van der Waals surface area contributed by atoms with Crippen LogP contribution in [0.4, 0.5) is 10.5 Å². The third-order valence-corrected chi connectivity index (χ3v) is 20.5. The van der Waals surface area contributed by atoms with Crippen molar-refractivity contribution in [3.05, 3.63) is 88.5 Å². The number of aliphatic hydroxyl groups is 1. The van der Waals surface area contributed by atoms with Gasteiger partial charge in [0.15, 0.2) is 10.8 Å². The van der Waals surface area contributed by atoms with Gasteiger partial charge in [-0.15, -0.1) is 0 Å². The maximum absolute atomic E-state index is 14.5. The van der Waals surface area contributed by atoms with E-state index in [0.29, 0.717) is 44.3 Å². The number of anilines is 1. The van der Waals surface area contributed by atoms with Gasteiger partial charge in [-0.2, -0.15) is 13.7 Å². The summed E-state index contributed by atoms with van der Waals surface area (Å²) in [5.41, 5.74) is 11.4. The third kappa shape index (κ3) is 14.9. The van der Waals surface area contributed by atoms with Crippen molar-refractivity contribution in [3.8, 4) is 6.07 Å². The Morgan fingerprint density at radius 2 is 1.58 bits per heavy atom. The number of hydrogen-bond donors (Lipinski definition) is 2.